The van der Waals surface area contributed by atoms with Crippen LogP contribution in [-0.4, -0.2) is 7.05 Å². The minimum absolute atomic E-state index is 0.273. The van der Waals surface area contributed by atoms with E-state index in [0.717, 1.165) is 11.3 Å². The Bertz CT molecular complexity index is 604. The predicted octanol–water partition coefficient (Wildman–Crippen LogP) is 4.46. The van der Waals surface area contributed by atoms with E-state index in [2.05, 4.69) is 15.9 Å². The normalized spacial score (nSPS) is 10.5. The molecule has 2 aromatic carbocycles. The van der Waals surface area contributed by atoms with Crippen LogP contribution in [0.15, 0.2) is 40.9 Å². The number of hydrogen-bond acceptors (Lipinski definition) is 2. The lowest BCUT2D eigenvalue weighted by Crippen LogP contribution is -2.18. The summed E-state index contributed by atoms with van der Waals surface area (Å²) in [5.41, 5.74) is 8.24. The first-order chi connectivity index (χ1) is 8.99. The van der Waals surface area contributed by atoms with E-state index in [1.165, 1.54) is 6.07 Å². The largest absolute Gasteiger partial charge is 0.397 e. The summed E-state index contributed by atoms with van der Waals surface area (Å²) in [5.74, 6) is -0.273. The molecular weight excluding hydrogens is 331 g/mol. The fourth-order valence-corrected chi connectivity index (χ4v) is 2.41. The Labute approximate surface area is 125 Å². The molecule has 0 aromatic heterocycles. The van der Waals surface area contributed by atoms with Crippen molar-refractivity contribution < 1.29 is 4.39 Å². The molecule has 100 valence electrons. The quantitative estimate of drug-likeness (QED) is 0.834. The van der Waals surface area contributed by atoms with Crippen molar-refractivity contribution in [2.24, 2.45) is 0 Å². The molecule has 0 heterocycles. The van der Waals surface area contributed by atoms with Crippen molar-refractivity contribution in [1.82, 2.24) is 0 Å². The Morgan fingerprint density at radius 1 is 1.32 bits per heavy atom. The molecule has 2 aromatic rings. The van der Waals surface area contributed by atoms with Gasteiger partial charge in [0.25, 0.3) is 0 Å². The first kappa shape index (κ1) is 14.2. The molecule has 5 heteroatoms. The second kappa shape index (κ2) is 5.80. The van der Waals surface area contributed by atoms with Gasteiger partial charge < -0.3 is 10.6 Å². The zero-order valence-electron chi connectivity index (χ0n) is 10.3. The van der Waals surface area contributed by atoms with Gasteiger partial charge in [-0.15, -0.1) is 0 Å². The molecule has 19 heavy (non-hydrogen) atoms. The number of benzene rings is 2. The SMILES string of the molecule is CN(Cc1cccc(F)c1Br)c1cc(Cl)ccc1N. The zero-order chi connectivity index (χ0) is 14.0. The van der Waals surface area contributed by atoms with E-state index in [1.54, 1.807) is 24.3 Å². The van der Waals surface area contributed by atoms with Crippen LogP contribution in [0.4, 0.5) is 15.8 Å². The third-order valence-corrected chi connectivity index (χ3v) is 3.97. The second-order valence-electron chi connectivity index (χ2n) is 4.27. The summed E-state index contributed by atoms with van der Waals surface area (Å²) in [4.78, 5) is 1.93. The molecule has 0 aliphatic carbocycles. The van der Waals surface area contributed by atoms with E-state index in [-0.39, 0.29) is 5.82 Å². The highest BCUT2D eigenvalue weighted by Gasteiger charge is 2.10. The maximum absolute atomic E-state index is 13.5. The van der Waals surface area contributed by atoms with Gasteiger partial charge >= 0.3 is 0 Å². The lowest BCUT2D eigenvalue weighted by molar-refractivity contribution is 0.617. The molecule has 0 bridgehead atoms. The molecule has 0 radical (unpaired) electrons. The maximum Gasteiger partial charge on any atom is 0.137 e. The van der Waals surface area contributed by atoms with Crippen LogP contribution in [-0.2, 0) is 6.54 Å². The van der Waals surface area contributed by atoms with Crippen molar-refractivity contribution in [3.05, 3.63) is 57.3 Å². The van der Waals surface area contributed by atoms with Crippen LogP contribution in [0, 0.1) is 5.82 Å². The summed E-state index contributed by atoms with van der Waals surface area (Å²) < 4.78 is 13.9. The van der Waals surface area contributed by atoms with Crippen molar-refractivity contribution >= 4 is 38.9 Å². The number of hydrogen-bond donors (Lipinski definition) is 1. The minimum atomic E-state index is -0.273. The first-order valence-corrected chi connectivity index (χ1v) is 6.85. The Balaban J connectivity index is 2.28. The van der Waals surface area contributed by atoms with E-state index in [0.29, 0.717) is 21.7 Å². The molecule has 0 spiro atoms. The van der Waals surface area contributed by atoms with Gasteiger partial charge in [0.2, 0.25) is 0 Å². The van der Waals surface area contributed by atoms with E-state index >= 15 is 0 Å². The summed E-state index contributed by atoms with van der Waals surface area (Å²) >= 11 is 9.22. The Hall–Kier alpha value is -1.26. The van der Waals surface area contributed by atoms with Gasteiger partial charge in [0.1, 0.15) is 5.82 Å². The topological polar surface area (TPSA) is 29.3 Å². The minimum Gasteiger partial charge on any atom is -0.397 e. The second-order valence-corrected chi connectivity index (χ2v) is 5.50. The molecular formula is C14H13BrClFN2. The van der Waals surface area contributed by atoms with E-state index in [9.17, 15) is 4.39 Å². The molecule has 0 aliphatic heterocycles. The molecule has 0 amide bonds. The third-order valence-electron chi connectivity index (χ3n) is 2.84. The lowest BCUT2D eigenvalue weighted by Gasteiger charge is -2.22. The molecule has 0 saturated carbocycles. The molecule has 2 rings (SSSR count). The molecule has 0 atom stereocenters. The maximum atomic E-state index is 13.5. The summed E-state index contributed by atoms with van der Waals surface area (Å²) in [7, 11) is 1.89. The van der Waals surface area contributed by atoms with Crippen LogP contribution in [0.2, 0.25) is 5.02 Å². The van der Waals surface area contributed by atoms with Crippen molar-refractivity contribution in [2.45, 2.75) is 6.54 Å². The van der Waals surface area contributed by atoms with Crippen LogP contribution >= 0.6 is 27.5 Å². The first-order valence-electron chi connectivity index (χ1n) is 5.68. The zero-order valence-corrected chi connectivity index (χ0v) is 12.7. The highest BCUT2D eigenvalue weighted by Crippen LogP contribution is 2.29. The smallest absolute Gasteiger partial charge is 0.137 e. The Kier molecular flexibility index (Phi) is 4.32. The fraction of sp³-hybridized carbons (Fsp3) is 0.143. The molecule has 0 fully saturated rings. The van der Waals surface area contributed by atoms with Gasteiger partial charge in [-0.05, 0) is 45.8 Å². The van der Waals surface area contributed by atoms with E-state index < -0.39 is 0 Å². The van der Waals surface area contributed by atoms with Gasteiger partial charge in [-0.2, -0.15) is 0 Å². The number of nitrogen functional groups attached to an aromatic ring is 1. The summed E-state index contributed by atoms with van der Waals surface area (Å²) in [6, 6.07) is 10.3. The van der Waals surface area contributed by atoms with Crippen LogP contribution in [0.25, 0.3) is 0 Å². The van der Waals surface area contributed by atoms with Crippen molar-refractivity contribution in [3.63, 3.8) is 0 Å². The molecule has 0 saturated heterocycles. The number of halogens is 3. The van der Waals surface area contributed by atoms with Gasteiger partial charge in [-0.3, -0.25) is 0 Å². The van der Waals surface area contributed by atoms with Crippen LogP contribution in [0.5, 0.6) is 0 Å². The van der Waals surface area contributed by atoms with E-state index in [4.69, 9.17) is 17.3 Å². The number of rotatable bonds is 3. The molecule has 0 unspecified atom stereocenters. The van der Waals surface area contributed by atoms with Crippen molar-refractivity contribution in [3.8, 4) is 0 Å². The Morgan fingerprint density at radius 3 is 2.79 bits per heavy atom. The van der Waals surface area contributed by atoms with Gasteiger partial charge in [-0.1, -0.05) is 23.7 Å². The van der Waals surface area contributed by atoms with Gasteiger partial charge in [-0.25, -0.2) is 4.39 Å². The number of anilines is 2. The monoisotopic (exact) mass is 342 g/mol. The van der Waals surface area contributed by atoms with Crippen molar-refractivity contribution in [2.75, 3.05) is 17.7 Å². The highest BCUT2D eigenvalue weighted by atomic mass is 79.9. The Morgan fingerprint density at radius 2 is 2.05 bits per heavy atom. The standard InChI is InChI=1S/C14H13BrClFN2/c1-19(13-7-10(16)5-6-12(13)18)8-9-3-2-4-11(17)14(9)15/h2-7H,8,18H2,1H3. The summed E-state index contributed by atoms with van der Waals surface area (Å²) in [5, 5.41) is 0.620. The average Bonchev–Trinajstić information content (AvgIpc) is 2.38. The lowest BCUT2D eigenvalue weighted by atomic mass is 10.2. The summed E-state index contributed by atoms with van der Waals surface area (Å²) in [6.07, 6.45) is 0. The van der Waals surface area contributed by atoms with E-state index in [1.807, 2.05) is 18.0 Å². The fourth-order valence-electron chi connectivity index (χ4n) is 1.86. The average molecular weight is 344 g/mol. The highest BCUT2D eigenvalue weighted by molar-refractivity contribution is 9.10. The van der Waals surface area contributed by atoms with Crippen LogP contribution in [0.1, 0.15) is 5.56 Å². The van der Waals surface area contributed by atoms with Gasteiger partial charge in [0.05, 0.1) is 15.8 Å². The predicted molar refractivity (Wildman–Crippen MR) is 82.1 cm³/mol. The van der Waals surface area contributed by atoms with Gasteiger partial charge in [0.15, 0.2) is 0 Å². The van der Waals surface area contributed by atoms with Crippen LogP contribution in [0.3, 0.4) is 0 Å². The molecule has 2 nitrogen and oxygen atoms in total. The van der Waals surface area contributed by atoms with Gasteiger partial charge in [0, 0.05) is 18.6 Å². The number of nitrogens with zero attached hydrogens (tertiary/aromatic N) is 1. The number of nitrogens with two attached hydrogens (primary N) is 1. The molecule has 2 N–H and O–H groups in total. The summed E-state index contributed by atoms with van der Waals surface area (Å²) in [6.45, 7) is 0.531. The third kappa shape index (κ3) is 3.19. The molecule has 0 aliphatic rings. The van der Waals surface area contributed by atoms with Crippen LogP contribution < -0.4 is 10.6 Å². The van der Waals surface area contributed by atoms with Crippen molar-refractivity contribution in [1.29, 1.82) is 0 Å².